The Morgan fingerprint density at radius 3 is 2.71 bits per heavy atom. The molecule has 0 aliphatic rings. The zero-order valence-corrected chi connectivity index (χ0v) is 10.9. The van der Waals surface area contributed by atoms with Crippen LogP contribution in [-0.4, -0.2) is 30.1 Å². The third-order valence-electron chi connectivity index (χ3n) is 1.90. The molecule has 0 fully saturated rings. The second-order valence-electron chi connectivity index (χ2n) is 3.18. The van der Waals surface area contributed by atoms with E-state index in [1.807, 2.05) is 18.2 Å². The molecule has 1 aromatic carbocycles. The van der Waals surface area contributed by atoms with Gasteiger partial charge in [0.2, 0.25) is 0 Å². The van der Waals surface area contributed by atoms with Crippen molar-refractivity contribution in [3.63, 3.8) is 0 Å². The van der Waals surface area contributed by atoms with E-state index in [2.05, 4.69) is 15.9 Å². The first kappa shape index (κ1) is 13.6. The van der Waals surface area contributed by atoms with E-state index in [1.54, 1.807) is 19.2 Å². The molecule has 0 saturated heterocycles. The molecular weight excluding hydrogens is 288 g/mol. The molecule has 4 nitrogen and oxygen atoms in total. The largest absolute Gasteiger partial charge is 0.497 e. The number of rotatable bonds is 6. The van der Waals surface area contributed by atoms with Gasteiger partial charge in [-0.05, 0) is 17.7 Å². The SMILES string of the molecule is COc1cc(C=CCBr)cc(OCC(=O)O)c1. The van der Waals surface area contributed by atoms with Gasteiger partial charge in [0.25, 0.3) is 0 Å². The quantitative estimate of drug-likeness (QED) is 0.821. The number of methoxy groups -OCH3 is 1. The van der Waals surface area contributed by atoms with Crippen molar-refractivity contribution in [2.24, 2.45) is 0 Å². The number of halogens is 1. The third-order valence-corrected chi connectivity index (χ3v) is 2.27. The molecule has 0 unspecified atom stereocenters. The molecule has 1 rings (SSSR count). The molecule has 17 heavy (non-hydrogen) atoms. The molecular formula is C12H13BrO4. The average Bonchev–Trinajstić information content (AvgIpc) is 2.33. The van der Waals surface area contributed by atoms with Gasteiger partial charge in [0.15, 0.2) is 6.61 Å². The van der Waals surface area contributed by atoms with Crippen molar-refractivity contribution < 1.29 is 19.4 Å². The fourth-order valence-corrected chi connectivity index (χ4v) is 1.40. The van der Waals surface area contributed by atoms with Crippen molar-refractivity contribution in [2.75, 3.05) is 19.0 Å². The molecule has 0 heterocycles. The van der Waals surface area contributed by atoms with Gasteiger partial charge in [0, 0.05) is 11.4 Å². The minimum Gasteiger partial charge on any atom is -0.497 e. The molecule has 5 heteroatoms. The van der Waals surface area contributed by atoms with Gasteiger partial charge >= 0.3 is 5.97 Å². The first-order chi connectivity index (χ1) is 8.15. The Bertz CT molecular complexity index is 415. The van der Waals surface area contributed by atoms with Gasteiger partial charge in [-0.15, -0.1) is 0 Å². The maximum Gasteiger partial charge on any atom is 0.341 e. The lowest BCUT2D eigenvalue weighted by Crippen LogP contribution is -2.09. The minimum absolute atomic E-state index is 0.366. The van der Waals surface area contributed by atoms with Gasteiger partial charge in [0.05, 0.1) is 7.11 Å². The Kier molecular flexibility index (Phi) is 5.56. The van der Waals surface area contributed by atoms with Crippen molar-refractivity contribution in [3.8, 4) is 11.5 Å². The van der Waals surface area contributed by atoms with Crippen LogP contribution in [0, 0.1) is 0 Å². The van der Waals surface area contributed by atoms with Crippen molar-refractivity contribution >= 4 is 28.0 Å². The highest BCUT2D eigenvalue weighted by Crippen LogP contribution is 2.23. The van der Waals surface area contributed by atoms with E-state index in [4.69, 9.17) is 14.6 Å². The smallest absolute Gasteiger partial charge is 0.341 e. The Hall–Kier alpha value is -1.49. The normalized spacial score (nSPS) is 10.5. The van der Waals surface area contributed by atoms with Crippen LogP contribution in [0.1, 0.15) is 5.56 Å². The zero-order chi connectivity index (χ0) is 12.7. The molecule has 0 amide bonds. The van der Waals surface area contributed by atoms with Gasteiger partial charge in [-0.25, -0.2) is 4.79 Å². The lowest BCUT2D eigenvalue weighted by Gasteiger charge is -2.07. The first-order valence-corrected chi connectivity index (χ1v) is 6.04. The van der Waals surface area contributed by atoms with Gasteiger partial charge in [-0.3, -0.25) is 0 Å². The summed E-state index contributed by atoms with van der Waals surface area (Å²) in [5.41, 5.74) is 0.893. The number of carboxylic acid groups (broad SMARTS) is 1. The molecule has 0 saturated carbocycles. The van der Waals surface area contributed by atoms with Crippen molar-refractivity contribution in [1.29, 1.82) is 0 Å². The van der Waals surface area contributed by atoms with Crippen LogP contribution in [0.5, 0.6) is 11.5 Å². The van der Waals surface area contributed by atoms with Gasteiger partial charge < -0.3 is 14.6 Å². The van der Waals surface area contributed by atoms with Crippen LogP contribution in [0.25, 0.3) is 6.08 Å². The number of carbonyl (C=O) groups is 1. The molecule has 92 valence electrons. The molecule has 0 aromatic heterocycles. The number of benzene rings is 1. The standard InChI is InChI=1S/C12H13BrO4/c1-16-10-5-9(3-2-4-13)6-11(7-10)17-8-12(14)15/h2-3,5-7H,4,8H2,1H3,(H,14,15). The van der Waals surface area contributed by atoms with Crippen LogP contribution in [-0.2, 0) is 4.79 Å². The predicted molar refractivity (Wildman–Crippen MR) is 69.0 cm³/mol. The lowest BCUT2D eigenvalue weighted by atomic mass is 10.2. The lowest BCUT2D eigenvalue weighted by molar-refractivity contribution is -0.139. The van der Waals surface area contributed by atoms with Crippen LogP contribution in [0.3, 0.4) is 0 Å². The summed E-state index contributed by atoms with van der Waals surface area (Å²) in [6, 6.07) is 5.24. The maximum atomic E-state index is 10.4. The van der Waals surface area contributed by atoms with Crippen LogP contribution >= 0.6 is 15.9 Å². The average molecular weight is 301 g/mol. The summed E-state index contributed by atoms with van der Waals surface area (Å²) in [6.45, 7) is -0.366. The molecule has 0 atom stereocenters. The number of hydrogen-bond acceptors (Lipinski definition) is 3. The van der Waals surface area contributed by atoms with Crippen molar-refractivity contribution in [2.45, 2.75) is 0 Å². The second-order valence-corrected chi connectivity index (χ2v) is 3.83. The summed E-state index contributed by atoms with van der Waals surface area (Å²) in [7, 11) is 1.55. The van der Waals surface area contributed by atoms with E-state index in [-0.39, 0.29) is 6.61 Å². The topological polar surface area (TPSA) is 55.8 Å². The van der Waals surface area contributed by atoms with Crippen LogP contribution in [0.4, 0.5) is 0 Å². The summed E-state index contributed by atoms with van der Waals surface area (Å²) in [6.07, 6.45) is 3.82. The van der Waals surface area contributed by atoms with Crippen LogP contribution in [0.15, 0.2) is 24.3 Å². The highest BCUT2D eigenvalue weighted by Gasteiger charge is 2.03. The number of ether oxygens (including phenoxy) is 2. The van der Waals surface area contributed by atoms with E-state index in [0.29, 0.717) is 11.5 Å². The minimum atomic E-state index is -1.01. The summed E-state index contributed by atoms with van der Waals surface area (Å²) in [5.74, 6) is 0.0912. The zero-order valence-electron chi connectivity index (χ0n) is 9.35. The van der Waals surface area contributed by atoms with Crippen LogP contribution in [0.2, 0.25) is 0 Å². The highest BCUT2D eigenvalue weighted by molar-refractivity contribution is 9.09. The molecule has 0 bridgehead atoms. The fraction of sp³-hybridized carbons (Fsp3) is 0.250. The Morgan fingerprint density at radius 2 is 2.12 bits per heavy atom. The monoisotopic (exact) mass is 300 g/mol. The first-order valence-electron chi connectivity index (χ1n) is 4.92. The number of aliphatic carboxylic acids is 1. The van der Waals surface area contributed by atoms with Crippen LogP contribution < -0.4 is 9.47 Å². The summed E-state index contributed by atoms with van der Waals surface area (Å²) < 4.78 is 10.2. The summed E-state index contributed by atoms with van der Waals surface area (Å²) >= 11 is 3.28. The van der Waals surface area contributed by atoms with E-state index in [1.165, 1.54) is 0 Å². The molecule has 0 radical (unpaired) electrons. The highest BCUT2D eigenvalue weighted by atomic mass is 79.9. The van der Waals surface area contributed by atoms with Crippen molar-refractivity contribution in [1.82, 2.24) is 0 Å². The van der Waals surface area contributed by atoms with E-state index < -0.39 is 5.97 Å². The summed E-state index contributed by atoms with van der Waals surface area (Å²) in [4.78, 5) is 10.4. The predicted octanol–water partition coefficient (Wildman–Crippen LogP) is 2.57. The maximum absolute atomic E-state index is 10.4. The van der Waals surface area contributed by atoms with Gasteiger partial charge in [-0.1, -0.05) is 28.1 Å². The third kappa shape index (κ3) is 4.91. The molecule has 1 N–H and O–H groups in total. The molecule has 0 aliphatic heterocycles. The van der Waals surface area contributed by atoms with Gasteiger partial charge in [0.1, 0.15) is 11.5 Å². The molecule has 0 spiro atoms. The van der Waals surface area contributed by atoms with Crippen molar-refractivity contribution in [3.05, 3.63) is 29.8 Å². The number of alkyl halides is 1. The van der Waals surface area contributed by atoms with E-state index in [0.717, 1.165) is 10.9 Å². The Balaban J connectivity index is 2.88. The number of allylic oxidation sites excluding steroid dienone is 1. The van der Waals surface area contributed by atoms with E-state index in [9.17, 15) is 4.79 Å². The Labute approximate surface area is 108 Å². The Morgan fingerprint density at radius 1 is 1.41 bits per heavy atom. The number of carboxylic acids is 1. The second kappa shape index (κ2) is 6.96. The summed E-state index contributed by atoms with van der Waals surface area (Å²) in [5, 5.41) is 9.28. The molecule has 0 aliphatic carbocycles. The van der Waals surface area contributed by atoms with E-state index >= 15 is 0 Å². The molecule has 1 aromatic rings. The van der Waals surface area contributed by atoms with Gasteiger partial charge in [-0.2, -0.15) is 0 Å². The fourth-order valence-electron chi connectivity index (χ4n) is 1.22. The number of hydrogen-bond donors (Lipinski definition) is 1.